The predicted octanol–water partition coefficient (Wildman–Crippen LogP) is 1.94. The zero-order valence-corrected chi connectivity index (χ0v) is 17.2. The molecule has 2 unspecified atom stereocenters. The molecule has 4 rings (SSSR count). The van der Waals surface area contributed by atoms with E-state index in [4.69, 9.17) is 10.5 Å². The van der Waals surface area contributed by atoms with Gasteiger partial charge in [-0.25, -0.2) is 4.99 Å². The first-order valence-corrected chi connectivity index (χ1v) is 10.4. The van der Waals surface area contributed by atoms with Crippen LogP contribution in [0.2, 0.25) is 0 Å². The molecule has 0 saturated carbocycles. The van der Waals surface area contributed by atoms with Crippen molar-refractivity contribution < 1.29 is 14.3 Å². The van der Waals surface area contributed by atoms with E-state index in [2.05, 4.69) is 20.4 Å². The predicted molar refractivity (Wildman–Crippen MR) is 112 cm³/mol. The van der Waals surface area contributed by atoms with Crippen LogP contribution in [0.3, 0.4) is 0 Å². The maximum Gasteiger partial charge on any atom is 0.327 e. The number of nitrogens with one attached hydrogen (secondary N) is 2. The van der Waals surface area contributed by atoms with Gasteiger partial charge in [-0.1, -0.05) is 11.8 Å². The third-order valence-corrected chi connectivity index (χ3v) is 6.18. The quantitative estimate of drug-likeness (QED) is 0.649. The lowest BCUT2D eigenvalue weighted by Gasteiger charge is -2.24. The molecule has 0 bridgehead atoms. The fourth-order valence-corrected chi connectivity index (χ4v) is 4.98. The Hall–Kier alpha value is -2.53. The van der Waals surface area contributed by atoms with Crippen LogP contribution in [0.15, 0.2) is 27.7 Å². The number of thioether (sulfide) groups is 1. The van der Waals surface area contributed by atoms with Crippen LogP contribution < -0.4 is 11.1 Å². The summed E-state index contributed by atoms with van der Waals surface area (Å²) in [6.45, 7) is 5.32. The maximum absolute atomic E-state index is 12.2. The number of aromatic amines is 1. The van der Waals surface area contributed by atoms with E-state index in [0.717, 1.165) is 15.9 Å². The molecule has 11 heteroatoms. The summed E-state index contributed by atoms with van der Waals surface area (Å²) in [7, 11) is 0. The van der Waals surface area contributed by atoms with Crippen LogP contribution >= 0.6 is 23.1 Å². The first kappa shape index (κ1) is 18.8. The number of nitrogens with two attached hydrogens (primary N) is 1. The van der Waals surface area contributed by atoms with Gasteiger partial charge in [0.05, 0.1) is 15.9 Å². The van der Waals surface area contributed by atoms with Crippen LogP contribution in [0.5, 0.6) is 0 Å². The molecule has 0 aromatic carbocycles. The van der Waals surface area contributed by atoms with Gasteiger partial charge in [0, 0.05) is 6.20 Å². The molecule has 0 spiro atoms. The smallest absolute Gasteiger partial charge is 0.327 e. The summed E-state index contributed by atoms with van der Waals surface area (Å²) in [6.07, 6.45) is 1.87. The van der Waals surface area contributed by atoms with Gasteiger partial charge in [-0.2, -0.15) is 5.10 Å². The Bertz CT molecular complexity index is 1000. The topological polar surface area (TPSA) is 125 Å². The molecule has 28 heavy (non-hydrogen) atoms. The molecule has 2 aliphatic heterocycles. The van der Waals surface area contributed by atoms with Crippen molar-refractivity contribution in [2.45, 2.75) is 37.8 Å². The molecule has 9 nitrogen and oxygen atoms in total. The number of hydrogen-bond acceptors (Lipinski definition) is 9. The number of amidine groups is 1. The molecule has 4 heterocycles. The van der Waals surface area contributed by atoms with Crippen LogP contribution in [0.1, 0.15) is 20.8 Å². The second kappa shape index (κ2) is 6.82. The van der Waals surface area contributed by atoms with Gasteiger partial charge in [0.15, 0.2) is 10.9 Å². The number of hydrazone groups is 1. The molecule has 2 aromatic rings. The van der Waals surface area contributed by atoms with Crippen molar-refractivity contribution in [2.75, 3.05) is 11.9 Å². The second-order valence-corrected chi connectivity index (χ2v) is 9.43. The van der Waals surface area contributed by atoms with Crippen molar-refractivity contribution in [1.82, 2.24) is 9.99 Å². The van der Waals surface area contributed by atoms with Gasteiger partial charge < -0.3 is 20.8 Å². The van der Waals surface area contributed by atoms with Gasteiger partial charge in [-0.15, -0.1) is 11.3 Å². The molecule has 2 aromatic heterocycles. The third-order valence-electron chi connectivity index (χ3n) is 4.06. The van der Waals surface area contributed by atoms with E-state index in [0.29, 0.717) is 5.17 Å². The maximum atomic E-state index is 12.2. The summed E-state index contributed by atoms with van der Waals surface area (Å²) in [4.78, 5) is 31.8. The Labute approximate surface area is 169 Å². The average Bonchev–Trinajstić information content (AvgIpc) is 3.29. The van der Waals surface area contributed by atoms with Crippen molar-refractivity contribution in [2.24, 2.45) is 15.8 Å². The van der Waals surface area contributed by atoms with E-state index in [9.17, 15) is 9.59 Å². The number of nitrogens with zero attached hydrogens (tertiary/aromatic N) is 3. The molecular weight excluding hydrogens is 400 g/mol. The molecule has 0 saturated heterocycles. The van der Waals surface area contributed by atoms with Crippen LogP contribution in [0, 0.1) is 0 Å². The summed E-state index contributed by atoms with van der Waals surface area (Å²) >= 11 is 3.02. The number of anilines is 1. The van der Waals surface area contributed by atoms with E-state index in [1.54, 1.807) is 32.1 Å². The zero-order chi connectivity index (χ0) is 20.1. The fraction of sp³-hybridized carbons (Fsp3) is 0.412. The van der Waals surface area contributed by atoms with Crippen molar-refractivity contribution in [3.8, 4) is 0 Å². The molecule has 4 N–H and O–H groups in total. The number of rotatable bonds is 4. The number of primary amides is 1. The summed E-state index contributed by atoms with van der Waals surface area (Å²) in [5.74, 6) is -1.07. The summed E-state index contributed by atoms with van der Waals surface area (Å²) < 4.78 is 6.46. The number of aliphatic imine (C=N–C) groups is 1. The molecular formula is C17H20N6O3S2. The number of fused-ring (bicyclic) bond motifs is 2. The first-order chi connectivity index (χ1) is 13.2. The summed E-state index contributed by atoms with van der Waals surface area (Å²) in [5.41, 5.74) is 6.98. The zero-order valence-electron chi connectivity index (χ0n) is 15.6. The van der Waals surface area contributed by atoms with E-state index < -0.39 is 23.5 Å². The molecule has 148 valence electrons. The lowest BCUT2D eigenvalue weighted by Crippen LogP contribution is -2.38. The Morgan fingerprint density at radius 1 is 1.43 bits per heavy atom. The third kappa shape index (κ3) is 3.59. The lowest BCUT2D eigenvalue weighted by atomic mass is 10.2. The van der Waals surface area contributed by atoms with Crippen LogP contribution in [-0.4, -0.2) is 56.3 Å². The molecule has 0 fully saturated rings. The molecule has 2 atom stereocenters. The Kier molecular flexibility index (Phi) is 4.58. The summed E-state index contributed by atoms with van der Waals surface area (Å²) in [5, 5.41) is 11.4. The summed E-state index contributed by atoms with van der Waals surface area (Å²) in [6, 6.07) is 1.48. The Balaban J connectivity index is 1.51. The van der Waals surface area contributed by atoms with E-state index in [1.807, 2.05) is 17.6 Å². The standard InChI is InChI=1S/C17H20N6O3S2/c1-17(2,3)26-10(24)7-23-15-12(11(22-23)14(18)25)21-16(28-15)20-9-6-19-8-4-5-27-13(8)9/h4-6,12,15,19H,7H2,1-3H3,(H2,18,25)(H,20,21). The number of H-pyrrole nitrogens is 1. The van der Waals surface area contributed by atoms with Crippen molar-refractivity contribution in [1.29, 1.82) is 0 Å². The van der Waals surface area contributed by atoms with Gasteiger partial charge >= 0.3 is 5.97 Å². The highest BCUT2D eigenvalue weighted by Crippen LogP contribution is 2.37. The number of amides is 1. The highest BCUT2D eigenvalue weighted by Gasteiger charge is 2.46. The van der Waals surface area contributed by atoms with Crippen LogP contribution in [0.25, 0.3) is 10.2 Å². The Morgan fingerprint density at radius 2 is 2.21 bits per heavy atom. The van der Waals surface area contributed by atoms with Crippen LogP contribution in [-0.2, 0) is 14.3 Å². The minimum absolute atomic E-state index is 0.0790. The number of carbonyl (C=O) groups excluding carboxylic acids is 2. The number of carbonyl (C=O) groups is 2. The van der Waals surface area contributed by atoms with Gasteiger partial charge in [-0.05, 0) is 32.2 Å². The largest absolute Gasteiger partial charge is 0.459 e. The molecule has 2 aliphatic rings. The lowest BCUT2D eigenvalue weighted by molar-refractivity contribution is -0.156. The van der Waals surface area contributed by atoms with Crippen molar-refractivity contribution >= 4 is 61.8 Å². The van der Waals surface area contributed by atoms with E-state index >= 15 is 0 Å². The van der Waals surface area contributed by atoms with Gasteiger partial charge in [0.25, 0.3) is 5.91 Å². The monoisotopic (exact) mass is 420 g/mol. The second-order valence-electron chi connectivity index (χ2n) is 7.41. The average molecular weight is 421 g/mol. The number of aromatic nitrogens is 1. The molecule has 0 radical (unpaired) electrons. The van der Waals surface area contributed by atoms with Crippen LogP contribution in [0.4, 0.5) is 5.69 Å². The normalized spacial score (nSPS) is 21.5. The van der Waals surface area contributed by atoms with Gasteiger partial charge in [0.2, 0.25) is 0 Å². The number of thiophene rings is 1. The molecule has 1 amide bonds. The minimum atomic E-state index is -0.644. The van der Waals surface area contributed by atoms with E-state index in [-0.39, 0.29) is 17.6 Å². The molecule has 0 aliphatic carbocycles. The number of esters is 1. The Morgan fingerprint density at radius 3 is 2.93 bits per heavy atom. The van der Waals surface area contributed by atoms with Crippen molar-refractivity contribution in [3.63, 3.8) is 0 Å². The van der Waals surface area contributed by atoms with Gasteiger partial charge in [-0.3, -0.25) is 14.6 Å². The highest BCUT2D eigenvalue weighted by atomic mass is 32.2. The fourth-order valence-electron chi connectivity index (χ4n) is 3.02. The minimum Gasteiger partial charge on any atom is -0.459 e. The first-order valence-electron chi connectivity index (χ1n) is 8.64. The van der Waals surface area contributed by atoms with Gasteiger partial charge in [0.1, 0.15) is 23.6 Å². The highest BCUT2D eigenvalue weighted by molar-refractivity contribution is 8.15. The van der Waals surface area contributed by atoms with E-state index in [1.165, 1.54) is 16.8 Å². The SMILES string of the molecule is CC(C)(C)OC(=O)CN1N=C(C(N)=O)C2N=C(Nc3c[nH]c4ccsc34)SC21. The number of ether oxygens (including phenoxy) is 1. The number of hydrogen-bond donors (Lipinski definition) is 3. The van der Waals surface area contributed by atoms with Crippen molar-refractivity contribution in [3.05, 3.63) is 17.6 Å².